The molecule has 0 bridgehead atoms. The van der Waals surface area contributed by atoms with Crippen molar-refractivity contribution >= 4 is 42.2 Å². The lowest BCUT2D eigenvalue weighted by atomic mass is 10.1. The highest BCUT2D eigenvalue weighted by Crippen LogP contribution is 2.46. The molecule has 2 unspecified atom stereocenters. The molecule has 12 nitrogen and oxygen atoms in total. The molecule has 1 aromatic carbocycles. The summed E-state index contributed by atoms with van der Waals surface area (Å²) < 4.78 is 46.1. The largest absolute Gasteiger partial charge is 0.480 e. The predicted octanol–water partition coefficient (Wildman–Crippen LogP) is 2.53. The topological polar surface area (TPSA) is 171 Å². The molecule has 1 aliphatic heterocycles. The summed E-state index contributed by atoms with van der Waals surface area (Å²) in [5.74, 6) is -1.07. The van der Waals surface area contributed by atoms with Gasteiger partial charge < -0.3 is 29.8 Å². The second kappa shape index (κ2) is 10.1. The summed E-state index contributed by atoms with van der Waals surface area (Å²) in [6.07, 6.45) is -4.75. The molecule has 35 heavy (non-hydrogen) atoms. The third-order valence-corrected chi connectivity index (χ3v) is 7.05. The van der Waals surface area contributed by atoms with Crippen molar-refractivity contribution in [2.75, 3.05) is 12.3 Å². The van der Waals surface area contributed by atoms with Gasteiger partial charge in [-0.25, -0.2) is 13.9 Å². The van der Waals surface area contributed by atoms with Crippen LogP contribution in [-0.4, -0.2) is 61.7 Å². The van der Waals surface area contributed by atoms with E-state index in [1.165, 1.54) is 29.8 Å². The SMILES string of the molecule is CC(NP(=O)(OC[C@H]1O[C@@H](n2ccc3c(N)nc(Cl)nc32)[C@@H](F)[C@@H]1O)Oc1ccccc1)C(=O)O. The van der Waals surface area contributed by atoms with Gasteiger partial charge in [0.1, 0.15) is 35.5 Å². The second-order valence-electron chi connectivity index (χ2n) is 7.72. The number of aliphatic hydroxyl groups is 1. The third kappa shape index (κ3) is 5.40. The van der Waals surface area contributed by atoms with E-state index in [9.17, 15) is 19.6 Å². The number of alkyl halides is 1. The maximum Gasteiger partial charge on any atom is 0.459 e. The zero-order valence-corrected chi connectivity index (χ0v) is 19.8. The minimum absolute atomic E-state index is 0.0882. The maximum atomic E-state index is 15.1. The smallest absolute Gasteiger partial charge is 0.459 e. The molecule has 5 N–H and O–H groups in total. The number of carbonyl (C=O) groups is 1. The fourth-order valence-corrected chi connectivity index (χ4v) is 5.15. The van der Waals surface area contributed by atoms with Crippen molar-refractivity contribution in [1.82, 2.24) is 19.6 Å². The number of nitrogen functional groups attached to an aromatic ring is 1. The standard InChI is InChI=1S/C20H22ClFN5O7P/c1-10(19(29)30)26-35(31,34-11-5-3-2-4-6-11)32-9-13-15(28)14(22)18(33-13)27-8-7-12-16(23)24-20(21)25-17(12)27/h2-8,10,13-15,18,28H,9H2,1H3,(H,26,31)(H,29,30)(H2,23,24,25)/t10?,13-,14+,15-,18-,35?/m1/s1. The number of anilines is 1. The van der Waals surface area contributed by atoms with E-state index in [1.54, 1.807) is 24.3 Å². The van der Waals surface area contributed by atoms with E-state index >= 15 is 4.39 Å². The molecule has 3 aromatic rings. The zero-order chi connectivity index (χ0) is 25.3. The van der Waals surface area contributed by atoms with Gasteiger partial charge in [-0.15, -0.1) is 0 Å². The van der Waals surface area contributed by atoms with Crippen molar-refractivity contribution in [1.29, 1.82) is 0 Å². The molecule has 2 aromatic heterocycles. The summed E-state index contributed by atoms with van der Waals surface area (Å²) in [7, 11) is -4.29. The van der Waals surface area contributed by atoms with Crippen molar-refractivity contribution in [3.63, 3.8) is 0 Å². The Bertz CT molecular complexity index is 1270. The highest BCUT2D eigenvalue weighted by atomic mass is 35.5. The van der Waals surface area contributed by atoms with Crippen molar-refractivity contribution in [3.8, 4) is 5.75 Å². The number of halogens is 2. The summed E-state index contributed by atoms with van der Waals surface area (Å²) in [4.78, 5) is 19.2. The molecule has 1 aliphatic rings. The number of carboxylic acids is 1. The zero-order valence-electron chi connectivity index (χ0n) is 18.2. The number of para-hydroxylation sites is 1. The van der Waals surface area contributed by atoms with Crippen molar-refractivity contribution < 1.29 is 37.7 Å². The second-order valence-corrected chi connectivity index (χ2v) is 9.76. The number of rotatable bonds is 9. The van der Waals surface area contributed by atoms with Gasteiger partial charge in [-0.05, 0) is 36.7 Å². The normalized spacial score (nSPS) is 24.8. The van der Waals surface area contributed by atoms with Gasteiger partial charge >= 0.3 is 13.7 Å². The van der Waals surface area contributed by atoms with Crippen LogP contribution in [-0.2, 0) is 18.6 Å². The first-order valence-electron chi connectivity index (χ1n) is 10.3. The van der Waals surface area contributed by atoms with E-state index in [0.29, 0.717) is 5.39 Å². The van der Waals surface area contributed by atoms with E-state index < -0.39 is 51.0 Å². The summed E-state index contributed by atoms with van der Waals surface area (Å²) in [6, 6.07) is 8.17. The molecule has 6 atom stereocenters. The highest BCUT2D eigenvalue weighted by molar-refractivity contribution is 7.52. The van der Waals surface area contributed by atoms with Crippen LogP contribution in [0.4, 0.5) is 10.2 Å². The van der Waals surface area contributed by atoms with Crippen molar-refractivity contribution in [2.45, 2.75) is 37.6 Å². The van der Waals surface area contributed by atoms with Crippen LogP contribution in [0.25, 0.3) is 11.0 Å². The van der Waals surface area contributed by atoms with E-state index in [0.717, 1.165) is 0 Å². The van der Waals surface area contributed by atoms with Gasteiger partial charge in [0.05, 0.1) is 12.0 Å². The number of nitrogens with one attached hydrogen (secondary N) is 1. The van der Waals surface area contributed by atoms with Gasteiger partial charge in [-0.3, -0.25) is 9.32 Å². The van der Waals surface area contributed by atoms with E-state index in [1.807, 2.05) is 0 Å². The number of hydrogen-bond donors (Lipinski definition) is 4. The lowest BCUT2D eigenvalue weighted by Gasteiger charge is -2.24. The molecule has 0 amide bonds. The molecule has 188 valence electrons. The van der Waals surface area contributed by atoms with Crippen LogP contribution in [0.15, 0.2) is 42.6 Å². The maximum absolute atomic E-state index is 15.1. The molecule has 0 saturated carbocycles. The lowest BCUT2D eigenvalue weighted by Crippen LogP contribution is -2.36. The van der Waals surface area contributed by atoms with Crippen LogP contribution in [0.2, 0.25) is 5.28 Å². The molecule has 15 heteroatoms. The Balaban J connectivity index is 1.53. The van der Waals surface area contributed by atoms with Crippen molar-refractivity contribution in [2.24, 2.45) is 0 Å². The average Bonchev–Trinajstić information content (AvgIpc) is 3.34. The molecule has 0 aliphatic carbocycles. The first kappa shape index (κ1) is 25.3. The number of ether oxygens (including phenoxy) is 1. The highest BCUT2D eigenvalue weighted by Gasteiger charge is 2.47. The number of aliphatic hydroxyl groups excluding tert-OH is 1. The Morgan fingerprint density at radius 3 is 2.77 bits per heavy atom. The molecule has 0 radical (unpaired) electrons. The Kier molecular flexibility index (Phi) is 7.27. The molecule has 1 fully saturated rings. The molecular weight excluding hydrogens is 508 g/mol. The van der Waals surface area contributed by atoms with Crippen molar-refractivity contribution in [3.05, 3.63) is 47.9 Å². The molecule has 1 saturated heterocycles. The van der Waals surface area contributed by atoms with Crippen LogP contribution in [0.5, 0.6) is 5.75 Å². The number of nitrogens with two attached hydrogens (primary N) is 1. The van der Waals surface area contributed by atoms with E-state index in [-0.39, 0.29) is 22.5 Å². The van der Waals surface area contributed by atoms with Crippen LogP contribution < -0.4 is 15.3 Å². The van der Waals surface area contributed by atoms with Crippen LogP contribution in [0.3, 0.4) is 0 Å². The number of aliphatic carboxylic acids is 1. The summed E-state index contributed by atoms with van der Waals surface area (Å²) in [6.45, 7) is 0.662. The van der Waals surface area contributed by atoms with Crippen LogP contribution in [0.1, 0.15) is 13.2 Å². The first-order valence-corrected chi connectivity index (χ1v) is 12.3. The number of hydrogen-bond acceptors (Lipinski definition) is 9. The van der Waals surface area contributed by atoms with E-state index in [2.05, 4.69) is 15.1 Å². The van der Waals surface area contributed by atoms with E-state index in [4.69, 9.17) is 31.1 Å². The molecule has 4 rings (SSSR count). The van der Waals surface area contributed by atoms with Gasteiger partial charge in [-0.1, -0.05) is 18.2 Å². The fraction of sp³-hybridized carbons (Fsp3) is 0.350. The lowest BCUT2D eigenvalue weighted by molar-refractivity contribution is -0.138. The number of aromatic nitrogens is 3. The van der Waals surface area contributed by atoms with Crippen LogP contribution in [0, 0.1) is 0 Å². The summed E-state index contributed by atoms with van der Waals surface area (Å²) in [5, 5.41) is 22.2. The predicted molar refractivity (Wildman–Crippen MR) is 123 cm³/mol. The van der Waals surface area contributed by atoms with Gasteiger partial charge in [-0.2, -0.15) is 10.1 Å². The number of carboxylic acid groups (broad SMARTS) is 1. The fourth-order valence-electron chi connectivity index (χ4n) is 3.47. The minimum atomic E-state index is -4.29. The molecular formula is C20H22ClFN5O7P. The summed E-state index contributed by atoms with van der Waals surface area (Å²) in [5.41, 5.74) is 6.03. The number of nitrogens with zero attached hydrogens (tertiary/aromatic N) is 3. The first-order chi connectivity index (χ1) is 16.6. The Labute approximate surface area is 203 Å². The quantitative estimate of drug-likeness (QED) is 0.237. The minimum Gasteiger partial charge on any atom is -0.480 e. The molecule has 3 heterocycles. The Morgan fingerprint density at radius 2 is 2.09 bits per heavy atom. The van der Waals surface area contributed by atoms with Gasteiger partial charge in [0.15, 0.2) is 12.4 Å². The molecule has 0 spiro atoms. The van der Waals surface area contributed by atoms with Gasteiger partial charge in [0.25, 0.3) is 0 Å². The monoisotopic (exact) mass is 529 g/mol. The Hall–Kier alpha value is -2.80. The Morgan fingerprint density at radius 1 is 1.37 bits per heavy atom. The third-order valence-electron chi connectivity index (χ3n) is 5.24. The number of benzene rings is 1. The van der Waals surface area contributed by atoms with Crippen LogP contribution >= 0.6 is 19.3 Å². The van der Waals surface area contributed by atoms with Gasteiger partial charge in [0.2, 0.25) is 5.28 Å². The summed E-state index contributed by atoms with van der Waals surface area (Å²) >= 11 is 5.87. The number of fused-ring (bicyclic) bond motifs is 1. The average molecular weight is 530 g/mol. The van der Waals surface area contributed by atoms with Gasteiger partial charge in [0, 0.05) is 6.20 Å².